The number of anilines is 1. The summed E-state index contributed by atoms with van der Waals surface area (Å²) in [5.74, 6) is 0.475. The van der Waals surface area contributed by atoms with Crippen LogP contribution in [0.25, 0.3) is 21.3 Å². The molecular formula is C22H25N5O3S. The summed E-state index contributed by atoms with van der Waals surface area (Å²) in [6.45, 7) is 4.00. The fourth-order valence-electron chi connectivity index (χ4n) is 2.95. The molecule has 0 unspecified atom stereocenters. The van der Waals surface area contributed by atoms with Gasteiger partial charge in [0.05, 0.1) is 24.6 Å². The van der Waals surface area contributed by atoms with Crippen molar-refractivity contribution < 1.29 is 11.0 Å². The number of aromatic nitrogens is 4. The summed E-state index contributed by atoms with van der Waals surface area (Å²) in [5.41, 5.74) is 1.22. The smallest absolute Gasteiger partial charge is 0.274 e. The van der Waals surface area contributed by atoms with E-state index in [1.807, 2.05) is 44.2 Å². The monoisotopic (exact) mass is 439 g/mol. The van der Waals surface area contributed by atoms with E-state index < -0.39 is 0 Å². The molecule has 4 rings (SSSR count). The van der Waals surface area contributed by atoms with Crippen LogP contribution in [0.3, 0.4) is 0 Å². The molecule has 0 saturated heterocycles. The fourth-order valence-corrected chi connectivity index (χ4v) is 3.71. The average Bonchev–Trinajstić information content (AvgIpc) is 3.27. The van der Waals surface area contributed by atoms with E-state index >= 15 is 0 Å². The van der Waals surface area contributed by atoms with Crippen molar-refractivity contribution in [3.05, 3.63) is 64.6 Å². The minimum absolute atomic E-state index is 0. The molecule has 31 heavy (non-hydrogen) atoms. The number of amides is 1. The van der Waals surface area contributed by atoms with Crippen LogP contribution < -0.4 is 15.6 Å². The van der Waals surface area contributed by atoms with Crippen LogP contribution in [0.1, 0.15) is 21.0 Å². The first kappa shape index (κ1) is 22.1. The number of rotatable bonds is 5. The van der Waals surface area contributed by atoms with Crippen LogP contribution in [0, 0.1) is 0 Å². The van der Waals surface area contributed by atoms with Crippen LogP contribution >= 0.6 is 11.3 Å². The highest BCUT2D eigenvalue weighted by atomic mass is 32.1. The molecule has 162 valence electrons. The second-order valence-electron chi connectivity index (χ2n) is 6.29. The van der Waals surface area contributed by atoms with Gasteiger partial charge in [0.1, 0.15) is 10.8 Å². The van der Waals surface area contributed by atoms with E-state index in [0.29, 0.717) is 26.6 Å². The van der Waals surface area contributed by atoms with Gasteiger partial charge in [0.25, 0.3) is 5.56 Å². The number of nitrogens with one attached hydrogen (secondary N) is 1. The summed E-state index contributed by atoms with van der Waals surface area (Å²) in [7, 11) is 3.18. The summed E-state index contributed by atoms with van der Waals surface area (Å²) in [6.07, 6.45) is 0.0199. The molecule has 4 aromatic rings. The highest BCUT2D eigenvalue weighted by Gasteiger charge is 2.14. The zero-order valence-corrected chi connectivity index (χ0v) is 18.6. The Morgan fingerprint density at radius 1 is 1.10 bits per heavy atom. The normalized spacial score (nSPS) is 10.3. The maximum atomic E-state index is 12.5. The van der Waals surface area contributed by atoms with Gasteiger partial charge in [-0.3, -0.25) is 9.59 Å². The highest BCUT2D eigenvalue weighted by Crippen LogP contribution is 2.27. The minimum Gasteiger partial charge on any atom is -0.497 e. The molecule has 0 atom stereocenters. The number of benzene rings is 2. The second-order valence-corrected chi connectivity index (χ2v) is 7.26. The van der Waals surface area contributed by atoms with Crippen LogP contribution in [0.15, 0.2) is 53.3 Å². The lowest BCUT2D eigenvalue weighted by atomic mass is 10.1. The molecule has 1 amide bonds. The van der Waals surface area contributed by atoms with Crippen molar-refractivity contribution in [2.45, 2.75) is 20.3 Å². The standard InChI is InChI=1S/C20H17N5O3S.C2H6.H2/c1-25-19(27)15-6-4-3-5-14(15)16(24-25)11-17(26)21-20-23-22-18(29-20)12-7-9-13(28-2)10-8-12;1-2;/h3-10H,11H2,1-2H3,(H,21,23,26);1-2H3;1H. The van der Waals surface area contributed by atoms with Gasteiger partial charge in [0.2, 0.25) is 11.0 Å². The van der Waals surface area contributed by atoms with E-state index in [1.165, 1.54) is 16.0 Å². The van der Waals surface area contributed by atoms with Crippen molar-refractivity contribution in [3.8, 4) is 16.3 Å². The quantitative estimate of drug-likeness (QED) is 0.506. The fraction of sp³-hybridized carbons (Fsp3) is 0.227. The molecule has 0 aliphatic heterocycles. The molecule has 9 heteroatoms. The van der Waals surface area contributed by atoms with Crippen LogP contribution in [0.4, 0.5) is 5.13 Å². The molecule has 0 aliphatic carbocycles. The van der Waals surface area contributed by atoms with Gasteiger partial charge in [-0.15, -0.1) is 10.2 Å². The maximum absolute atomic E-state index is 12.5. The molecule has 2 heterocycles. The van der Waals surface area contributed by atoms with Crippen molar-refractivity contribution in [1.82, 2.24) is 20.0 Å². The lowest BCUT2D eigenvalue weighted by Crippen LogP contribution is -2.24. The number of nitrogens with zero attached hydrogens (tertiary/aromatic N) is 4. The molecule has 2 aromatic carbocycles. The average molecular weight is 440 g/mol. The third kappa shape index (κ3) is 4.95. The maximum Gasteiger partial charge on any atom is 0.274 e. The Bertz CT molecular complexity index is 1250. The van der Waals surface area contributed by atoms with E-state index in [4.69, 9.17) is 4.74 Å². The molecule has 0 spiro atoms. The molecule has 0 bridgehead atoms. The molecule has 1 N–H and O–H groups in total. The number of carbonyl (C=O) groups is 1. The Hall–Kier alpha value is -3.59. The number of aryl methyl sites for hydroxylation is 1. The zero-order chi connectivity index (χ0) is 22.4. The van der Waals surface area contributed by atoms with E-state index in [0.717, 1.165) is 11.3 Å². The highest BCUT2D eigenvalue weighted by molar-refractivity contribution is 7.18. The number of hydrogen-bond acceptors (Lipinski definition) is 7. The molecule has 0 aliphatic rings. The van der Waals surface area contributed by atoms with Gasteiger partial charge >= 0.3 is 0 Å². The van der Waals surface area contributed by atoms with Gasteiger partial charge in [-0.1, -0.05) is 43.4 Å². The van der Waals surface area contributed by atoms with Crippen molar-refractivity contribution in [2.24, 2.45) is 7.05 Å². The summed E-state index contributed by atoms with van der Waals surface area (Å²) < 4.78 is 6.40. The van der Waals surface area contributed by atoms with Crippen LogP contribution in [-0.4, -0.2) is 33.0 Å². The van der Waals surface area contributed by atoms with Crippen molar-refractivity contribution >= 4 is 33.1 Å². The van der Waals surface area contributed by atoms with Crippen LogP contribution in [0.5, 0.6) is 5.75 Å². The minimum atomic E-state index is -0.279. The molecule has 0 radical (unpaired) electrons. The Kier molecular flexibility index (Phi) is 7.09. The van der Waals surface area contributed by atoms with Crippen molar-refractivity contribution in [1.29, 1.82) is 0 Å². The zero-order valence-electron chi connectivity index (χ0n) is 17.7. The Balaban J connectivity index is 0.00000118. The van der Waals surface area contributed by atoms with E-state index in [9.17, 15) is 9.59 Å². The van der Waals surface area contributed by atoms with Gasteiger partial charge in [-0.05, 0) is 30.3 Å². The molecule has 2 aromatic heterocycles. The first-order valence-electron chi connectivity index (χ1n) is 9.78. The Labute approximate surface area is 185 Å². The topological polar surface area (TPSA) is 99.0 Å². The summed E-state index contributed by atoms with van der Waals surface area (Å²) >= 11 is 1.28. The van der Waals surface area contributed by atoms with Gasteiger partial charge in [-0.2, -0.15) is 5.10 Å². The molecule has 8 nitrogen and oxygen atoms in total. The third-order valence-electron chi connectivity index (χ3n) is 4.37. The van der Waals surface area contributed by atoms with Crippen LogP contribution in [-0.2, 0) is 18.3 Å². The van der Waals surface area contributed by atoms with Gasteiger partial charge in [0.15, 0.2) is 0 Å². The first-order chi connectivity index (χ1) is 15.0. The van der Waals surface area contributed by atoms with Gasteiger partial charge in [0, 0.05) is 19.4 Å². The summed E-state index contributed by atoms with van der Waals surface area (Å²) in [5, 5.41) is 17.5. The predicted molar refractivity (Wildman–Crippen MR) is 125 cm³/mol. The number of hydrogen-bond donors (Lipinski definition) is 1. The molecular weight excluding hydrogens is 414 g/mol. The lowest BCUT2D eigenvalue weighted by Gasteiger charge is -2.07. The molecule has 0 saturated carbocycles. The van der Waals surface area contributed by atoms with Crippen LogP contribution in [0.2, 0.25) is 0 Å². The van der Waals surface area contributed by atoms with Crippen molar-refractivity contribution in [3.63, 3.8) is 0 Å². The largest absolute Gasteiger partial charge is 0.497 e. The number of fused-ring (bicyclic) bond motifs is 1. The third-order valence-corrected chi connectivity index (χ3v) is 5.26. The Morgan fingerprint density at radius 2 is 1.77 bits per heavy atom. The number of carbonyl (C=O) groups excluding carboxylic acids is 1. The van der Waals surface area contributed by atoms with E-state index in [1.54, 1.807) is 32.4 Å². The SMILES string of the molecule is CC.COc1ccc(-c2nnc(NC(=O)Cc3nn(C)c(=O)c4ccccc34)s2)cc1.[HH]. The lowest BCUT2D eigenvalue weighted by molar-refractivity contribution is -0.115. The second kappa shape index (κ2) is 9.94. The van der Waals surface area contributed by atoms with Gasteiger partial charge in [-0.25, -0.2) is 4.68 Å². The number of methoxy groups -OCH3 is 1. The number of ether oxygens (including phenoxy) is 1. The van der Waals surface area contributed by atoms with Gasteiger partial charge < -0.3 is 10.1 Å². The van der Waals surface area contributed by atoms with E-state index in [-0.39, 0.29) is 19.3 Å². The predicted octanol–water partition coefficient (Wildman–Crippen LogP) is 3.91. The summed E-state index contributed by atoms with van der Waals surface area (Å²) in [6, 6.07) is 14.6. The van der Waals surface area contributed by atoms with Crippen molar-refractivity contribution in [2.75, 3.05) is 12.4 Å². The summed E-state index contributed by atoms with van der Waals surface area (Å²) in [4.78, 5) is 24.7. The first-order valence-corrected chi connectivity index (χ1v) is 10.6. The Morgan fingerprint density at radius 3 is 2.45 bits per heavy atom. The molecule has 0 fully saturated rings. The van der Waals surface area contributed by atoms with E-state index in [2.05, 4.69) is 20.6 Å².